The maximum atomic E-state index is 12.9. The van der Waals surface area contributed by atoms with Crippen molar-refractivity contribution in [1.82, 2.24) is 4.98 Å². The fourth-order valence-corrected chi connectivity index (χ4v) is 5.09. The zero-order valence-corrected chi connectivity index (χ0v) is 19.3. The van der Waals surface area contributed by atoms with E-state index < -0.39 is 0 Å². The number of rotatable bonds is 5. The van der Waals surface area contributed by atoms with Crippen molar-refractivity contribution in [2.24, 2.45) is 11.1 Å². The smallest absolute Gasteiger partial charge is 0.235 e. The third-order valence-corrected chi connectivity index (χ3v) is 7.68. The first-order chi connectivity index (χ1) is 14.9. The molecule has 31 heavy (non-hydrogen) atoms. The summed E-state index contributed by atoms with van der Waals surface area (Å²) in [7, 11) is 1.78. The van der Waals surface area contributed by atoms with Crippen LogP contribution in [0.25, 0.3) is 11.1 Å². The van der Waals surface area contributed by atoms with Crippen molar-refractivity contribution < 1.29 is 4.79 Å². The van der Waals surface area contributed by atoms with Gasteiger partial charge in [-0.3, -0.25) is 14.8 Å². The van der Waals surface area contributed by atoms with E-state index in [-0.39, 0.29) is 11.8 Å². The second-order valence-corrected chi connectivity index (χ2v) is 9.55. The normalized spacial score (nSPS) is 13.6. The minimum absolute atomic E-state index is 0.0441. The first kappa shape index (κ1) is 21.4. The Labute approximate surface area is 190 Å². The highest BCUT2D eigenvalue weighted by atomic mass is 32.2. The molecule has 1 aliphatic rings. The molecule has 2 heterocycles. The summed E-state index contributed by atoms with van der Waals surface area (Å²) in [6, 6.07) is 16.2. The van der Waals surface area contributed by atoms with Gasteiger partial charge in [-0.05, 0) is 66.8 Å². The van der Waals surface area contributed by atoms with E-state index in [1.54, 1.807) is 11.9 Å². The van der Waals surface area contributed by atoms with Crippen LogP contribution in [0.15, 0.2) is 46.7 Å². The van der Waals surface area contributed by atoms with Crippen molar-refractivity contribution in [3.8, 4) is 17.2 Å². The molecule has 1 amide bonds. The summed E-state index contributed by atoms with van der Waals surface area (Å²) in [6.07, 6.45) is 0. The number of aryl methyl sites for hydroxylation is 2. The number of hydrogen-bond donors (Lipinski definition) is 1. The van der Waals surface area contributed by atoms with E-state index >= 15 is 0 Å². The number of nitriles is 1. The molecule has 3 aromatic rings. The summed E-state index contributed by atoms with van der Waals surface area (Å²) >= 11 is 2.61. The number of carbonyl (C=O) groups is 1. The number of benzene rings is 2. The van der Waals surface area contributed by atoms with Gasteiger partial charge in [0.05, 0.1) is 27.5 Å². The maximum absolute atomic E-state index is 12.9. The number of aromatic nitrogens is 1. The second-order valence-electron chi connectivity index (χ2n) is 7.67. The van der Waals surface area contributed by atoms with Crippen LogP contribution in [-0.2, 0) is 4.79 Å². The summed E-state index contributed by atoms with van der Waals surface area (Å²) in [4.78, 5) is 21.2. The Kier molecular flexibility index (Phi) is 6.01. The van der Waals surface area contributed by atoms with Crippen molar-refractivity contribution in [1.29, 1.82) is 5.26 Å². The number of carbonyl (C=O) groups excluding carboxylic acids is 1. The van der Waals surface area contributed by atoms with Crippen LogP contribution in [0.4, 0.5) is 10.8 Å². The molecule has 0 bridgehead atoms. The van der Waals surface area contributed by atoms with Crippen molar-refractivity contribution in [3.05, 3.63) is 59.3 Å². The van der Waals surface area contributed by atoms with E-state index in [2.05, 4.69) is 40.2 Å². The second kappa shape index (κ2) is 8.71. The molecule has 0 spiro atoms. The quantitative estimate of drug-likeness (QED) is 0.582. The Balaban J connectivity index is 1.41. The molecule has 1 aromatic heterocycles. The zero-order chi connectivity index (χ0) is 22.1. The monoisotopic (exact) mass is 449 g/mol. The summed E-state index contributed by atoms with van der Waals surface area (Å²) in [5.74, 6) is 0.0385. The summed E-state index contributed by atoms with van der Waals surface area (Å²) in [6.45, 7) is 5.33. The van der Waals surface area contributed by atoms with Gasteiger partial charge in [0.25, 0.3) is 0 Å². The highest BCUT2D eigenvalue weighted by molar-refractivity contribution is 7.99. The summed E-state index contributed by atoms with van der Waals surface area (Å²) in [5, 5.41) is 15.5. The van der Waals surface area contributed by atoms with Gasteiger partial charge < -0.3 is 4.90 Å². The van der Waals surface area contributed by atoms with Crippen LogP contribution in [0.3, 0.4) is 0 Å². The van der Waals surface area contributed by atoms with E-state index in [4.69, 9.17) is 10.4 Å². The molecule has 1 aliphatic heterocycles. The first-order valence-electron chi connectivity index (χ1n) is 9.89. The lowest BCUT2D eigenvalue weighted by Crippen LogP contribution is -2.54. The molecule has 0 atom stereocenters. The van der Waals surface area contributed by atoms with Crippen LogP contribution in [0, 0.1) is 31.1 Å². The molecule has 8 heteroatoms. The van der Waals surface area contributed by atoms with Crippen LogP contribution in [0.2, 0.25) is 0 Å². The van der Waals surface area contributed by atoms with Gasteiger partial charge in [-0.15, -0.1) is 0 Å². The lowest BCUT2D eigenvalue weighted by Gasteiger charge is -2.41. The van der Waals surface area contributed by atoms with Gasteiger partial charge in [-0.1, -0.05) is 29.5 Å². The molecule has 2 N–H and O–H groups in total. The molecule has 1 saturated heterocycles. The van der Waals surface area contributed by atoms with Crippen LogP contribution < -0.4 is 14.9 Å². The maximum Gasteiger partial charge on any atom is 0.235 e. The molecule has 6 nitrogen and oxygen atoms in total. The van der Waals surface area contributed by atoms with Crippen LogP contribution in [0.1, 0.15) is 16.8 Å². The number of thiazole rings is 1. The molecule has 0 radical (unpaired) electrons. The van der Waals surface area contributed by atoms with E-state index in [1.165, 1.54) is 23.3 Å². The largest absolute Gasteiger partial charge is 0.370 e. The Morgan fingerprint density at radius 2 is 1.97 bits per heavy atom. The molecule has 2 aromatic carbocycles. The highest BCUT2D eigenvalue weighted by Gasteiger charge is 2.35. The van der Waals surface area contributed by atoms with Crippen molar-refractivity contribution in [2.75, 3.05) is 29.9 Å². The van der Waals surface area contributed by atoms with Gasteiger partial charge in [0.1, 0.15) is 0 Å². The van der Waals surface area contributed by atoms with E-state index in [0.717, 1.165) is 32.3 Å². The Morgan fingerprint density at radius 3 is 2.58 bits per heavy atom. The molecular weight excluding hydrogens is 426 g/mol. The molecule has 1 fully saturated rings. The van der Waals surface area contributed by atoms with Gasteiger partial charge in [0, 0.05) is 25.8 Å². The molecule has 0 unspecified atom stereocenters. The first-order valence-corrected chi connectivity index (χ1v) is 11.6. The van der Waals surface area contributed by atoms with E-state index in [9.17, 15) is 4.79 Å². The average Bonchev–Trinajstić information content (AvgIpc) is 3.13. The Bertz CT molecular complexity index is 1160. The third kappa shape index (κ3) is 4.17. The number of amides is 1. The van der Waals surface area contributed by atoms with Gasteiger partial charge in [-0.25, -0.2) is 4.98 Å². The molecule has 158 valence electrons. The van der Waals surface area contributed by atoms with Gasteiger partial charge >= 0.3 is 0 Å². The summed E-state index contributed by atoms with van der Waals surface area (Å²) in [5.41, 5.74) is 5.90. The minimum Gasteiger partial charge on any atom is -0.370 e. The van der Waals surface area contributed by atoms with Gasteiger partial charge in [0.2, 0.25) is 5.91 Å². The van der Waals surface area contributed by atoms with Gasteiger partial charge in [-0.2, -0.15) is 5.26 Å². The lowest BCUT2D eigenvalue weighted by molar-refractivity contribution is -0.122. The minimum atomic E-state index is -0.0441. The average molecular weight is 450 g/mol. The summed E-state index contributed by atoms with van der Waals surface area (Å²) < 4.78 is 0.931. The van der Waals surface area contributed by atoms with Crippen LogP contribution >= 0.6 is 23.3 Å². The van der Waals surface area contributed by atoms with E-state index in [0.29, 0.717) is 23.8 Å². The Hall–Kier alpha value is -2.86. The predicted octanol–water partition coefficient (Wildman–Crippen LogP) is 4.36. The number of nitrogens with zero attached hydrogens (tertiary/aromatic N) is 4. The predicted molar refractivity (Wildman–Crippen MR) is 127 cm³/mol. The van der Waals surface area contributed by atoms with Crippen molar-refractivity contribution in [3.63, 3.8) is 0 Å². The van der Waals surface area contributed by atoms with Crippen molar-refractivity contribution in [2.45, 2.75) is 18.1 Å². The molecule has 4 rings (SSSR count). The van der Waals surface area contributed by atoms with Crippen LogP contribution in [-0.4, -0.2) is 31.0 Å². The SMILES string of the molecule is Cc1ccc(C#N)cc1-c1ccc(N2CC(C(=O)N(C)c3nc(C)c(SN)s3)C2)cc1. The topological polar surface area (TPSA) is 86.2 Å². The number of hydrogen-bond acceptors (Lipinski definition) is 7. The van der Waals surface area contributed by atoms with Gasteiger partial charge in [0.15, 0.2) is 5.13 Å². The molecular formula is C23H23N5OS2. The van der Waals surface area contributed by atoms with Crippen LogP contribution in [0.5, 0.6) is 0 Å². The fourth-order valence-electron chi connectivity index (χ4n) is 3.69. The van der Waals surface area contributed by atoms with E-state index in [1.807, 2.05) is 32.0 Å². The number of anilines is 2. The zero-order valence-electron chi connectivity index (χ0n) is 17.6. The fraction of sp³-hybridized carbons (Fsp3) is 0.261. The lowest BCUT2D eigenvalue weighted by atomic mass is 9.95. The highest BCUT2D eigenvalue weighted by Crippen LogP contribution is 2.34. The molecule has 0 saturated carbocycles. The molecule has 0 aliphatic carbocycles. The van der Waals surface area contributed by atoms with Crippen molar-refractivity contribution >= 4 is 40.0 Å². The number of nitrogens with two attached hydrogens (primary N) is 1. The Morgan fingerprint density at radius 1 is 1.26 bits per heavy atom. The third-order valence-electron chi connectivity index (χ3n) is 5.61. The standard InChI is InChI=1S/C23H23N5OS2/c1-14-4-5-16(11-24)10-20(14)17-6-8-19(9-7-17)28-12-18(13-28)21(29)27(3)23-26-15(2)22(30-23)31-25/h4-10,18H,12-13,25H2,1-3H3.